The molecule has 0 aliphatic heterocycles. The minimum Gasteiger partial charge on any atom is -0.387 e. The van der Waals surface area contributed by atoms with Gasteiger partial charge in [-0.05, 0) is 17.0 Å². The molecule has 1 aromatic heterocycles. The highest BCUT2D eigenvalue weighted by Gasteiger charge is 2.16. The lowest BCUT2D eigenvalue weighted by Gasteiger charge is -2.12. The van der Waals surface area contributed by atoms with Crippen LogP contribution in [0.1, 0.15) is 11.7 Å². The second kappa shape index (κ2) is 4.43. The minimum atomic E-state index is -3.21. The van der Waals surface area contributed by atoms with Crippen LogP contribution in [0.4, 0.5) is 0 Å². The van der Waals surface area contributed by atoms with Crippen LogP contribution in [-0.2, 0) is 9.84 Å². The molecule has 1 aromatic carbocycles. The molecule has 0 radical (unpaired) electrons. The van der Waals surface area contributed by atoms with Crippen LogP contribution in [-0.4, -0.2) is 30.5 Å². The Hall–Kier alpha value is -1.46. The van der Waals surface area contributed by atoms with Crippen molar-refractivity contribution in [3.8, 4) is 0 Å². The van der Waals surface area contributed by atoms with Crippen molar-refractivity contribution in [1.82, 2.24) is 4.98 Å². The molecule has 2 aromatic rings. The van der Waals surface area contributed by atoms with Gasteiger partial charge in [0.2, 0.25) is 0 Å². The smallest absolute Gasteiger partial charge is 0.150 e. The molecular weight excluding hydrogens is 238 g/mol. The Morgan fingerprint density at radius 2 is 2.12 bits per heavy atom. The molecule has 0 amide bonds. The predicted molar refractivity (Wildman–Crippen MR) is 66.4 cm³/mol. The van der Waals surface area contributed by atoms with E-state index in [2.05, 4.69) is 4.98 Å². The van der Waals surface area contributed by atoms with Crippen molar-refractivity contribution in [2.75, 3.05) is 12.0 Å². The molecule has 1 heterocycles. The summed E-state index contributed by atoms with van der Waals surface area (Å²) in [6, 6.07) is 7.24. The first-order valence-electron chi connectivity index (χ1n) is 5.16. The maximum absolute atomic E-state index is 11.2. The van der Waals surface area contributed by atoms with Gasteiger partial charge in [0, 0.05) is 24.0 Å². The molecule has 1 unspecified atom stereocenters. The highest BCUT2D eigenvalue weighted by atomic mass is 32.2. The van der Waals surface area contributed by atoms with Crippen LogP contribution >= 0.6 is 0 Å². The molecule has 1 N–H and O–H groups in total. The monoisotopic (exact) mass is 251 g/mol. The van der Waals surface area contributed by atoms with E-state index in [9.17, 15) is 13.5 Å². The molecule has 0 fully saturated rings. The number of benzene rings is 1. The molecule has 0 bridgehead atoms. The van der Waals surface area contributed by atoms with Crippen LogP contribution in [0.25, 0.3) is 10.8 Å². The molecule has 5 heteroatoms. The summed E-state index contributed by atoms with van der Waals surface area (Å²) in [5.41, 5.74) is 0.598. The number of nitrogens with zero attached hydrogens (tertiary/aromatic N) is 1. The van der Waals surface area contributed by atoms with Gasteiger partial charge in [-0.15, -0.1) is 0 Å². The molecule has 0 aliphatic rings. The minimum absolute atomic E-state index is 0.277. The lowest BCUT2D eigenvalue weighted by molar-refractivity contribution is 0.203. The Bertz CT molecular complexity index is 632. The van der Waals surface area contributed by atoms with E-state index in [1.54, 1.807) is 24.5 Å². The predicted octanol–water partition coefficient (Wildman–Crippen LogP) is 1.31. The van der Waals surface area contributed by atoms with Gasteiger partial charge < -0.3 is 5.11 Å². The van der Waals surface area contributed by atoms with Crippen molar-refractivity contribution in [2.45, 2.75) is 6.10 Å². The Kier molecular flexibility index (Phi) is 3.13. The maximum Gasteiger partial charge on any atom is 0.150 e. The zero-order valence-corrected chi connectivity index (χ0v) is 10.2. The fourth-order valence-electron chi connectivity index (χ4n) is 1.80. The Morgan fingerprint density at radius 3 is 2.82 bits per heavy atom. The van der Waals surface area contributed by atoms with Gasteiger partial charge >= 0.3 is 0 Å². The highest BCUT2D eigenvalue weighted by molar-refractivity contribution is 7.90. The lowest BCUT2D eigenvalue weighted by atomic mass is 10.0. The average molecular weight is 251 g/mol. The zero-order chi connectivity index (χ0) is 12.5. The molecule has 4 nitrogen and oxygen atoms in total. The number of hydrogen-bond donors (Lipinski definition) is 1. The van der Waals surface area contributed by atoms with Crippen molar-refractivity contribution < 1.29 is 13.5 Å². The second-order valence-electron chi connectivity index (χ2n) is 4.05. The van der Waals surface area contributed by atoms with Crippen molar-refractivity contribution in [2.24, 2.45) is 0 Å². The van der Waals surface area contributed by atoms with Crippen LogP contribution in [0.15, 0.2) is 36.7 Å². The summed E-state index contributed by atoms with van der Waals surface area (Å²) >= 11 is 0. The van der Waals surface area contributed by atoms with Crippen molar-refractivity contribution in [1.29, 1.82) is 0 Å². The fraction of sp³-hybridized carbons (Fsp3) is 0.250. The molecule has 90 valence electrons. The number of hydrogen-bond acceptors (Lipinski definition) is 4. The average Bonchev–Trinajstić information content (AvgIpc) is 2.26. The number of sulfone groups is 1. The number of aromatic nitrogens is 1. The molecule has 1 atom stereocenters. The summed E-state index contributed by atoms with van der Waals surface area (Å²) in [5.74, 6) is -0.277. The Balaban J connectivity index is 2.48. The van der Waals surface area contributed by atoms with Crippen LogP contribution in [0.3, 0.4) is 0 Å². The quantitative estimate of drug-likeness (QED) is 0.893. The van der Waals surface area contributed by atoms with Gasteiger partial charge in [0.15, 0.2) is 0 Å². The van der Waals surface area contributed by atoms with E-state index in [0.29, 0.717) is 5.56 Å². The van der Waals surface area contributed by atoms with E-state index in [4.69, 9.17) is 0 Å². The van der Waals surface area contributed by atoms with E-state index < -0.39 is 15.9 Å². The number of aliphatic hydroxyl groups is 1. The standard InChI is InChI=1S/C12H13NO3S/c1-17(15,16)8-12(14)10-4-2-3-9-5-6-13-7-11(9)10/h2-7,12,14H,8H2,1H3. The first kappa shape index (κ1) is 12.0. The SMILES string of the molecule is CS(=O)(=O)CC(O)c1cccc2ccncc12. The second-order valence-corrected chi connectivity index (χ2v) is 6.24. The van der Waals surface area contributed by atoms with Crippen molar-refractivity contribution >= 4 is 20.6 Å². The third-order valence-electron chi connectivity index (χ3n) is 2.54. The largest absolute Gasteiger partial charge is 0.387 e. The Morgan fingerprint density at radius 1 is 1.35 bits per heavy atom. The van der Waals surface area contributed by atoms with Gasteiger partial charge in [-0.2, -0.15) is 0 Å². The highest BCUT2D eigenvalue weighted by Crippen LogP contribution is 2.24. The number of pyridine rings is 1. The molecule has 0 spiro atoms. The van der Waals surface area contributed by atoms with Crippen molar-refractivity contribution in [3.63, 3.8) is 0 Å². The van der Waals surface area contributed by atoms with Crippen LogP contribution in [0.5, 0.6) is 0 Å². The van der Waals surface area contributed by atoms with Gasteiger partial charge in [0.05, 0.1) is 11.9 Å². The molecule has 0 saturated carbocycles. The molecule has 17 heavy (non-hydrogen) atoms. The molecule has 2 rings (SSSR count). The van der Waals surface area contributed by atoms with Crippen LogP contribution < -0.4 is 0 Å². The number of rotatable bonds is 3. The first-order chi connectivity index (χ1) is 7.97. The van der Waals surface area contributed by atoms with Gasteiger partial charge in [-0.3, -0.25) is 4.98 Å². The van der Waals surface area contributed by atoms with Gasteiger partial charge in [0.25, 0.3) is 0 Å². The van der Waals surface area contributed by atoms with Gasteiger partial charge in [0.1, 0.15) is 9.84 Å². The van der Waals surface area contributed by atoms with Crippen LogP contribution in [0, 0.1) is 0 Å². The maximum atomic E-state index is 11.2. The van der Waals surface area contributed by atoms with E-state index in [1.807, 2.05) is 12.1 Å². The third kappa shape index (κ3) is 2.81. The summed E-state index contributed by atoms with van der Waals surface area (Å²) in [4.78, 5) is 3.99. The lowest BCUT2D eigenvalue weighted by Crippen LogP contribution is -2.13. The number of aliphatic hydroxyl groups excluding tert-OH is 1. The molecule has 0 saturated heterocycles. The van der Waals surface area contributed by atoms with E-state index in [-0.39, 0.29) is 5.75 Å². The first-order valence-corrected chi connectivity index (χ1v) is 7.22. The summed E-state index contributed by atoms with van der Waals surface area (Å²) in [5, 5.41) is 11.7. The summed E-state index contributed by atoms with van der Waals surface area (Å²) in [6.07, 6.45) is 3.39. The molecular formula is C12H13NO3S. The van der Waals surface area contributed by atoms with Crippen molar-refractivity contribution in [3.05, 3.63) is 42.2 Å². The zero-order valence-electron chi connectivity index (χ0n) is 9.37. The fourth-order valence-corrected chi connectivity index (χ4v) is 2.56. The third-order valence-corrected chi connectivity index (χ3v) is 3.46. The summed E-state index contributed by atoms with van der Waals surface area (Å²) in [6.45, 7) is 0. The van der Waals surface area contributed by atoms with Crippen LogP contribution in [0.2, 0.25) is 0 Å². The van der Waals surface area contributed by atoms with Gasteiger partial charge in [-0.1, -0.05) is 18.2 Å². The van der Waals surface area contributed by atoms with Gasteiger partial charge in [-0.25, -0.2) is 8.42 Å². The van der Waals surface area contributed by atoms with E-state index >= 15 is 0 Å². The van der Waals surface area contributed by atoms with E-state index in [0.717, 1.165) is 17.0 Å². The normalized spacial score (nSPS) is 13.8. The molecule has 0 aliphatic carbocycles. The topological polar surface area (TPSA) is 67.3 Å². The summed E-state index contributed by atoms with van der Waals surface area (Å²) in [7, 11) is -3.21. The Labute approximate surface area is 99.8 Å². The summed E-state index contributed by atoms with van der Waals surface area (Å²) < 4.78 is 22.4. The van der Waals surface area contributed by atoms with E-state index in [1.165, 1.54) is 0 Å². The number of fused-ring (bicyclic) bond motifs is 1.